The van der Waals surface area contributed by atoms with Crippen molar-refractivity contribution in [1.82, 2.24) is 9.80 Å². The van der Waals surface area contributed by atoms with Gasteiger partial charge in [-0.05, 0) is 25.3 Å². The highest BCUT2D eigenvalue weighted by atomic mass is 16.6. The van der Waals surface area contributed by atoms with Crippen LogP contribution in [0, 0.1) is 0 Å². The summed E-state index contributed by atoms with van der Waals surface area (Å²) in [5, 5.41) is 0. The average molecular weight is 319 g/mol. The number of hydrogen-bond donors (Lipinski definition) is 1. The third-order valence-electron chi connectivity index (χ3n) is 4.14. The molecule has 1 saturated heterocycles. The third-order valence-corrected chi connectivity index (χ3v) is 4.14. The standard InChI is InChI=1S/C17H25N3O3/c1-13(18)16(21)20-10-6-9-15(11-20)19(2)17(22)23-12-14-7-4-3-5-8-14/h3-5,7-8,13,15H,6,9-12,18H2,1-2H3. The van der Waals surface area contributed by atoms with Crippen molar-refractivity contribution in [2.24, 2.45) is 5.73 Å². The second kappa shape index (κ2) is 7.97. The van der Waals surface area contributed by atoms with E-state index in [9.17, 15) is 9.59 Å². The second-order valence-electron chi connectivity index (χ2n) is 6.02. The number of nitrogens with two attached hydrogens (primary N) is 1. The molecule has 1 aromatic rings. The van der Waals surface area contributed by atoms with Crippen LogP contribution in [-0.4, -0.2) is 54.0 Å². The van der Waals surface area contributed by atoms with Crippen LogP contribution in [0.25, 0.3) is 0 Å². The summed E-state index contributed by atoms with van der Waals surface area (Å²) >= 11 is 0. The molecule has 6 nitrogen and oxygen atoms in total. The zero-order chi connectivity index (χ0) is 16.8. The van der Waals surface area contributed by atoms with Crippen LogP contribution in [0.1, 0.15) is 25.3 Å². The highest BCUT2D eigenvalue weighted by Crippen LogP contribution is 2.16. The monoisotopic (exact) mass is 319 g/mol. The molecule has 2 amide bonds. The van der Waals surface area contributed by atoms with Gasteiger partial charge in [0.2, 0.25) is 5.91 Å². The Morgan fingerprint density at radius 3 is 2.74 bits per heavy atom. The minimum atomic E-state index is -0.510. The van der Waals surface area contributed by atoms with Gasteiger partial charge < -0.3 is 20.3 Å². The number of hydrogen-bond acceptors (Lipinski definition) is 4. The Balaban J connectivity index is 1.87. The molecule has 6 heteroatoms. The van der Waals surface area contributed by atoms with E-state index in [2.05, 4.69) is 0 Å². The molecule has 126 valence electrons. The van der Waals surface area contributed by atoms with E-state index >= 15 is 0 Å². The molecule has 2 atom stereocenters. The Morgan fingerprint density at radius 1 is 1.39 bits per heavy atom. The molecule has 2 N–H and O–H groups in total. The minimum absolute atomic E-state index is 0.0327. The fourth-order valence-corrected chi connectivity index (χ4v) is 2.73. The summed E-state index contributed by atoms with van der Waals surface area (Å²) in [4.78, 5) is 27.5. The Hall–Kier alpha value is -2.08. The first-order chi connectivity index (χ1) is 11.0. The van der Waals surface area contributed by atoms with E-state index in [1.165, 1.54) is 0 Å². The van der Waals surface area contributed by atoms with Crippen molar-refractivity contribution in [3.05, 3.63) is 35.9 Å². The molecule has 1 aromatic carbocycles. The molecule has 2 rings (SSSR count). The van der Waals surface area contributed by atoms with Crippen LogP contribution < -0.4 is 5.73 Å². The molecular formula is C17H25N3O3. The molecule has 1 heterocycles. The van der Waals surface area contributed by atoms with E-state index in [1.807, 2.05) is 30.3 Å². The predicted molar refractivity (Wildman–Crippen MR) is 87.6 cm³/mol. The summed E-state index contributed by atoms with van der Waals surface area (Å²) in [6.07, 6.45) is 1.35. The highest BCUT2D eigenvalue weighted by Gasteiger charge is 2.30. The van der Waals surface area contributed by atoms with Gasteiger partial charge in [-0.3, -0.25) is 4.79 Å². The van der Waals surface area contributed by atoms with E-state index < -0.39 is 6.04 Å². The number of carbonyl (C=O) groups is 2. The smallest absolute Gasteiger partial charge is 0.410 e. The van der Waals surface area contributed by atoms with Crippen LogP contribution in [0.15, 0.2) is 30.3 Å². The van der Waals surface area contributed by atoms with Gasteiger partial charge in [0.25, 0.3) is 0 Å². The number of ether oxygens (including phenoxy) is 1. The fraction of sp³-hybridized carbons (Fsp3) is 0.529. The Morgan fingerprint density at radius 2 is 2.09 bits per heavy atom. The molecule has 0 saturated carbocycles. The number of piperidine rings is 1. The van der Waals surface area contributed by atoms with Crippen molar-refractivity contribution < 1.29 is 14.3 Å². The molecule has 0 aliphatic carbocycles. The van der Waals surface area contributed by atoms with Gasteiger partial charge in [0.05, 0.1) is 12.1 Å². The zero-order valence-corrected chi connectivity index (χ0v) is 13.8. The topological polar surface area (TPSA) is 75.9 Å². The van der Waals surface area contributed by atoms with Gasteiger partial charge in [0.1, 0.15) is 6.61 Å². The lowest BCUT2D eigenvalue weighted by Gasteiger charge is -2.37. The summed E-state index contributed by atoms with van der Waals surface area (Å²) in [5.74, 6) is -0.0687. The number of likely N-dealkylation sites (N-methyl/N-ethyl adjacent to an activating group) is 1. The summed E-state index contributed by atoms with van der Waals surface area (Å²) in [5.41, 5.74) is 6.61. The van der Waals surface area contributed by atoms with Crippen molar-refractivity contribution in [1.29, 1.82) is 0 Å². The lowest BCUT2D eigenvalue weighted by atomic mass is 10.0. The molecule has 0 bridgehead atoms. The second-order valence-corrected chi connectivity index (χ2v) is 6.02. The molecule has 2 unspecified atom stereocenters. The first kappa shape index (κ1) is 17.3. The normalized spacial score (nSPS) is 19.1. The summed E-state index contributed by atoms with van der Waals surface area (Å²) in [7, 11) is 1.72. The maximum atomic E-state index is 12.2. The number of benzene rings is 1. The molecule has 23 heavy (non-hydrogen) atoms. The van der Waals surface area contributed by atoms with Gasteiger partial charge in [0.15, 0.2) is 0 Å². The lowest BCUT2D eigenvalue weighted by Crippen LogP contribution is -2.53. The maximum Gasteiger partial charge on any atom is 0.410 e. The lowest BCUT2D eigenvalue weighted by molar-refractivity contribution is -0.134. The molecular weight excluding hydrogens is 294 g/mol. The molecule has 1 aliphatic heterocycles. The summed E-state index contributed by atoms with van der Waals surface area (Å²) in [6.45, 7) is 3.14. The van der Waals surface area contributed by atoms with Gasteiger partial charge >= 0.3 is 6.09 Å². The van der Waals surface area contributed by atoms with Gasteiger partial charge in [-0.15, -0.1) is 0 Å². The minimum Gasteiger partial charge on any atom is -0.445 e. The van der Waals surface area contributed by atoms with Gasteiger partial charge in [0, 0.05) is 20.1 Å². The largest absolute Gasteiger partial charge is 0.445 e. The number of likely N-dealkylation sites (tertiary alicyclic amines) is 1. The summed E-state index contributed by atoms with van der Waals surface area (Å²) < 4.78 is 5.35. The van der Waals surface area contributed by atoms with Gasteiger partial charge in [-0.1, -0.05) is 30.3 Å². The van der Waals surface area contributed by atoms with Crippen molar-refractivity contribution in [3.8, 4) is 0 Å². The number of rotatable bonds is 4. The fourth-order valence-electron chi connectivity index (χ4n) is 2.73. The summed E-state index contributed by atoms with van der Waals surface area (Å²) in [6, 6.07) is 9.02. The van der Waals surface area contributed by atoms with Crippen LogP contribution in [0.5, 0.6) is 0 Å². The van der Waals surface area contributed by atoms with E-state index in [0.717, 1.165) is 18.4 Å². The predicted octanol–water partition coefficient (Wildman–Crippen LogP) is 1.59. The van der Waals surface area contributed by atoms with Crippen molar-refractivity contribution >= 4 is 12.0 Å². The molecule has 0 spiro atoms. The van der Waals surface area contributed by atoms with Crippen molar-refractivity contribution in [2.45, 2.75) is 38.5 Å². The molecule has 1 aliphatic rings. The number of carbonyl (C=O) groups excluding carboxylic acids is 2. The number of nitrogens with zero attached hydrogens (tertiary/aromatic N) is 2. The van der Waals surface area contributed by atoms with Crippen molar-refractivity contribution in [3.63, 3.8) is 0 Å². The third kappa shape index (κ3) is 4.69. The van der Waals surface area contributed by atoms with E-state index in [-0.39, 0.29) is 24.6 Å². The number of amides is 2. The van der Waals surface area contributed by atoms with Crippen LogP contribution in [0.3, 0.4) is 0 Å². The van der Waals surface area contributed by atoms with Gasteiger partial charge in [-0.2, -0.15) is 0 Å². The molecule has 1 fully saturated rings. The highest BCUT2D eigenvalue weighted by molar-refractivity contribution is 5.81. The molecule has 0 aromatic heterocycles. The van der Waals surface area contributed by atoms with E-state index in [4.69, 9.17) is 10.5 Å². The Kier molecular flexibility index (Phi) is 5.98. The van der Waals surface area contributed by atoms with Gasteiger partial charge in [-0.25, -0.2) is 4.79 Å². The van der Waals surface area contributed by atoms with Crippen molar-refractivity contribution in [2.75, 3.05) is 20.1 Å². The van der Waals surface area contributed by atoms with Crippen LogP contribution in [-0.2, 0) is 16.1 Å². The Bertz CT molecular complexity index is 533. The first-order valence-corrected chi connectivity index (χ1v) is 7.97. The van der Waals surface area contributed by atoms with Crippen LogP contribution in [0.2, 0.25) is 0 Å². The SMILES string of the molecule is CC(N)C(=O)N1CCCC(N(C)C(=O)OCc2ccccc2)C1. The van der Waals surface area contributed by atoms with E-state index in [1.54, 1.807) is 23.8 Å². The maximum absolute atomic E-state index is 12.2. The van der Waals surface area contributed by atoms with E-state index in [0.29, 0.717) is 13.1 Å². The average Bonchev–Trinajstić information content (AvgIpc) is 2.59. The molecule has 0 radical (unpaired) electrons. The van der Waals surface area contributed by atoms with Crippen LogP contribution in [0.4, 0.5) is 4.79 Å². The van der Waals surface area contributed by atoms with Crippen LogP contribution >= 0.6 is 0 Å². The first-order valence-electron chi connectivity index (χ1n) is 7.97. The zero-order valence-electron chi connectivity index (χ0n) is 13.8. The quantitative estimate of drug-likeness (QED) is 0.914. The Labute approximate surface area is 137 Å².